The lowest BCUT2D eigenvalue weighted by Crippen LogP contribution is -2.15. The maximum Gasteiger partial charge on any atom is 0.248 e. The smallest absolute Gasteiger partial charge is 0.248 e. The van der Waals surface area contributed by atoms with Crippen molar-refractivity contribution in [2.45, 2.75) is 19.0 Å². The summed E-state index contributed by atoms with van der Waals surface area (Å²) in [6.07, 6.45) is 1.02. The summed E-state index contributed by atoms with van der Waals surface area (Å²) in [5, 5.41) is 6.99. The van der Waals surface area contributed by atoms with Gasteiger partial charge in [0.1, 0.15) is 0 Å². The van der Waals surface area contributed by atoms with Crippen LogP contribution >= 0.6 is 0 Å². The average Bonchev–Trinajstić information content (AvgIpc) is 2.71. The molecule has 0 aromatic heterocycles. The highest BCUT2D eigenvalue weighted by atomic mass is 16.1. The van der Waals surface area contributed by atoms with Crippen LogP contribution in [0.3, 0.4) is 0 Å². The number of hydrogen-bond donors (Lipinski definition) is 3. The van der Waals surface area contributed by atoms with Crippen LogP contribution in [0, 0.1) is 0 Å². The number of nitrogens with one attached hydrogen (secondary N) is 2. The molecule has 1 heterocycles. The first-order valence-corrected chi connectivity index (χ1v) is 7.19. The van der Waals surface area contributed by atoms with Gasteiger partial charge in [-0.3, -0.25) is 4.79 Å². The Balaban J connectivity index is 1.82. The van der Waals surface area contributed by atoms with Crippen LogP contribution in [0.4, 0.5) is 5.69 Å². The van der Waals surface area contributed by atoms with E-state index in [0.29, 0.717) is 5.56 Å². The first kappa shape index (κ1) is 13.6. The van der Waals surface area contributed by atoms with Crippen LogP contribution in [0.2, 0.25) is 0 Å². The zero-order valence-electron chi connectivity index (χ0n) is 11.8. The second-order valence-corrected chi connectivity index (χ2v) is 5.30. The number of primary amides is 1. The van der Waals surface area contributed by atoms with E-state index < -0.39 is 5.91 Å². The molecule has 4 N–H and O–H groups in total. The lowest BCUT2D eigenvalue weighted by molar-refractivity contribution is 0.100. The van der Waals surface area contributed by atoms with Crippen molar-refractivity contribution in [2.75, 3.05) is 11.9 Å². The summed E-state index contributed by atoms with van der Waals surface area (Å²) >= 11 is 0. The molecule has 3 rings (SSSR count). The Kier molecular flexibility index (Phi) is 3.88. The second kappa shape index (κ2) is 5.97. The van der Waals surface area contributed by atoms with Gasteiger partial charge in [-0.1, -0.05) is 24.3 Å². The molecule has 0 saturated heterocycles. The van der Waals surface area contributed by atoms with E-state index in [2.05, 4.69) is 34.9 Å². The molecule has 0 bridgehead atoms. The molecule has 0 fully saturated rings. The summed E-state index contributed by atoms with van der Waals surface area (Å²) in [5.41, 5.74) is 9.47. The highest BCUT2D eigenvalue weighted by molar-refractivity contribution is 5.93. The molecular formula is C17H19N3O. The molecule has 21 heavy (non-hydrogen) atoms. The molecule has 2 aromatic carbocycles. The Bertz CT molecular complexity index is 637. The van der Waals surface area contributed by atoms with E-state index >= 15 is 0 Å². The van der Waals surface area contributed by atoms with Crippen molar-refractivity contribution in [3.63, 3.8) is 0 Å². The lowest BCUT2D eigenvalue weighted by Gasteiger charge is -2.20. The van der Waals surface area contributed by atoms with Gasteiger partial charge in [0.05, 0.1) is 6.04 Å². The molecular weight excluding hydrogens is 262 g/mol. The van der Waals surface area contributed by atoms with E-state index in [1.54, 1.807) is 12.1 Å². The second-order valence-electron chi connectivity index (χ2n) is 5.30. The van der Waals surface area contributed by atoms with Crippen LogP contribution in [0.5, 0.6) is 0 Å². The lowest BCUT2D eigenvalue weighted by atomic mass is 9.99. The van der Waals surface area contributed by atoms with Gasteiger partial charge in [-0.05, 0) is 48.4 Å². The Morgan fingerprint density at radius 3 is 2.67 bits per heavy atom. The van der Waals surface area contributed by atoms with Crippen molar-refractivity contribution >= 4 is 11.6 Å². The van der Waals surface area contributed by atoms with E-state index in [1.165, 1.54) is 11.1 Å². The third-order valence-electron chi connectivity index (χ3n) is 3.87. The van der Waals surface area contributed by atoms with Gasteiger partial charge in [0, 0.05) is 17.8 Å². The number of fused-ring (bicyclic) bond motifs is 1. The number of nitrogens with two attached hydrogens (primary N) is 1. The molecule has 0 radical (unpaired) electrons. The Morgan fingerprint density at radius 2 is 1.90 bits per heavy atom. The molecule has 4 nitrogen and oxygen atoms in total. The molecule has 1 atom stereocenters. The highest BCUT2D eigenvalue weighted by Crippen LogP contribution is 2.27. The van der Waals surface area contributed by atoms with Gasteiger partial charge in [-0.25, -0.2) is 0 Å². The SMILES string of the molecule is NC(=O)c1ccc(NC2CCNCc3ccccc32)cc1. The summed E-state index contributed by atoms with van der Waals surface area (Å²) in [6, 6.07) is 16.1. The largest absolute Gasteiger partial charge is 0.378 e. The maximum absolute atomic E-state index is 11.1. The van der Waals surface area contributed by atoms with Crippen molar-refractivity contribution in [3.05, 3.63) is 65.2 Å². The molecule has 0 saturated carbocycles. The number of carbonyl (C=O) groups is 1. The first-order valence-electron chi connectivity index (χ1n) is 7.19. The number of carbonyl (C=O) groups excluding carboxylic acids is 1. The predicted molar refractivity (Wildman–Crippen MR) is 84.1 cm³/mol. The van der Waals surface area contributed by atoms with Crippen molar-refractivity contribution in [2.24, 2.45) is 5.73 Å². The van der Waals surface area contributed by atoms with Crippen LogP contribution in [0.1, 0.15) is 33.9 Å². The molecule has 1 aliphatic heterocycles. The quantitative estimate of drug-likeness (QED) is 0.809. The van der Waals surface area contributed by atoms with Gasteiger partial charge < -0.3 is 16.4 Å². The summed E-state index contributed by atoms with van der Waals surface area (Å²) < 4.78 is 0. The van der Waals surface area contributed by atoms with Crippen LogP contribution in [0.15, 0.2) is 48.5 Å². The highest BCUT2D eigenvalue weighted by Gasteiger charge is 2.17. The Morgan fingerprint density at radius 1 is 1.14 bits per heavy atom. The maximum atomic E-state index is 11.1. The number of hydrogen-bond acceptors (Lipinski definition) is 3. The minimum absolute atomic E-state index is 0.274. The molecule has 0 aliphatic carbocycles. The van der Waals surface area contributed by atoms with E-state index in [9.17, 15) is 4.79 Å². The molecule has 2 aromatic rings. The fraction of sp³-hybridized carbons (Fsp3) is 0.235. The standard InChI is InChI=1S/C17H19N3O/c18-17(21)12-5-7-14(8-6-12)20-16-9-10-19-11-13-3-1-2-4-15(13)16/h1-8,16,19-20H,9-11H2,(H2,18,21). The molecule has 1 aliphatic rings. The monoisotopic (exact) mass is 281 g/mol. The van der Waals surface area contributed by atoms with E-state index in [4.69, 9.17) is 5.73 Å². The Hall–Kier alpha value is -2.33. The number of benzene rings is 2. The first-order chi connectivity index (χ1) is 10.2. The fourth-order valence-electron chi connectivity index (χ4n) is 2.74. The van der Waals surface area contributed by atoms with E-state index in [0.717, 1.165) is 25.2 Å². The van der Waals surface area contributed by atoms with Crippen LogP contribution < -0.4 is 16.4 Å². The van der Waals surface area contributed by atoms with Gasteiger partial charge in [-0.2, -0.15) is 0 Å². The normalized spacial score (nSPS) is 17.6. The molecule has 0 spiro atoms. The molecule has 108 valence electrons. The zero-order valence-corrected chi connectivity index (χ0v) is 11.8. The van der Waals surface area contributed by atoms with Crippen molar-refractivity contribution in [3.8, 4) is 0 Å². The van der Waals surface area contributed by atoms with E-state index in [-0.39, 0.29) is 6.04 Å². The van der Waals surface area contributed by atoms with Crippen molar-refractivity contribution in [1.82, 2.24) is 5.32 Å². The molecule has 4 heteroatoms. The van der Waals surface area contributed by atoms with E-state index in [1.807, 2.05) is 12.1 Å². The van der Waals surface area contributed by atoms with Gasteiger partial charge in [-0.15, -0.1) is 0 Å². The van der Waals surface area contributed by atoms with Crippen molar-refractivity contribution in [1.29, 1.82) is 0 Å². The van der Waals surface area contributed by atoms with Crippen LogP contribution in [-0.4, -0.2) is 12.5 Å². The van der Waals surface area contributed by atoms with Gasteiger partial charge in [0.15, 0.2) is 0 Å². The number of anilines is 1. The fourth-order valence-corrected chi connectivity index (χ4v) is 2.74. The predicted octanol–water partition coefficient (Wildman–Crippen LogP) is 2.43. The zero-order chi connectivity index (χ0) is 14.7. The number of rotatable bonds is 3. The minimum Gasteiger partial charge on any atom is -0.378 e. The topological polar surface area (TPSA) is 67.2 Å². The minimum atomic E-state index is -0.398. The summed E-state index contributed by atoms with van der Waals surface area (Å²) in [5.74, 6) is -0.398. The van der Waals surface area contributed by atoms with Gasteiger partial charge in [0.25, 0.3) is 0 Å². The average molecular weight is 281 g/mol. The third kappa shape index (κ3) is 3.06. The third-order valence-corrected chi connectivity index (χ3v) is 3.87. The molecule has 1 amide bonds. The van der Waals surface area contributed by atoms with Gasteiger partial charge >= 0.3 is 0 Å². The van der Waals surface area contributed by atoms with Crippen LogP contribution in [-0.2, 0) is 6.54 Å². The summed E-state index contributed by atoms with van der Waals surface area (Å²) in [6.45, 7) is 1.89. The number of amides is 1. The van der Waals surface area contributed by atoms with Crippen LogP contribution in [0.25, 0.3) is 0 Å². The summed E-state index contributed by atoms with van der Waals surface area (Å²) in [4.78, 5) is 11.1. The molecule has 1 unspecified atom stereocenters. The van der Waals surface area contributed by atoms with Crippen molar-refractivity contribution < 1.29 is 4.79 Å². The Labute approximate surface area is 124 Å². The van der Waals surface area contributed by atoms with Gasteiger partial charge in [0.2, 0.25) is 5.91 Å². The summed E-state index contributed by atoms with van der Waals surface area (Å²) in [7, 11) is 0.